The van der Waals surface area contributed by atoms with Crippen LogP contribution in [0.5, 0.6) is 0 Å². The van der Waals surface area contributed by atoms with Gasteiger partial charge in [-0.05, 0) is 41.3 Å². The molecule has 0 radical (unpaired) electrons. The van der Waals surface area contributed by atoms with Crippen LogP contribution >= 0.6 is 0 Å². The topological polar surface area (TPSA) is 12.0 Å². The molecular weight excluding hydrogens is 218 g/mol. The first kappa shape index (κ1) is 13.6. The van der Waals surface area contributed by atoms with Crippen LogP contribution in [0.3, 0.4) is 0 Å². The highest BCUT2D eigenvalue weighted by molar-refractivity contribution is 5.33. The minimum atomic E-state index is 0.251. The van der Waals surface area contributed by atoms with Crippen molar-refractivity contribution in [3.63, 3.8) is 0 Å². The molecule has 1 fully saturated rings. The van der Waals surface area contributed by atoms with E-state index in [0.717, 1.165) is 0 Å². The van der Waals surface area contributed by atoms with Crippen LogP contribution in [-0.4, -0.2) is 13.1 Å². The second kappa shape index (κ2) is 4.38. The third-order valence-corrected chi connectivity index (χ3v) is 4.80. The summed E-state index contributed by atoms with van der Waals surface area (Å²) in [5.74, 6) is 0.698. The molecule has 1 heteroatoms. The van der Waals surface area contributed by atoms with Crippen molar-refractivity contribution in [3.05, 3.63) is 35.4 Å². The first-order valence-electron chi connectivity index (χ1n) is 7.04. The maximum atomic E-state index is 3.43. The van der Waals surface area contributed by atoms with Crippen molar-refractivity contribution in [1.82, 2.24) is 5.32 Å². The summed E-state index contributed by atoms with van der Waals surface area (Å²) in [6, 6.07) is 9.93. The van der Waals surface area contributed by atoms with E-state index in [4.69, 9.17) is 0 Å². The lowest BCUT2D eigenvalue weighted by atomic mass is 9.56. The van der Waals surface area contributed by atoms with Crippen LogP contribution in [0.2, 0.25) is 0 Å². The molecular formula is C17H27N. The van der Waals surface area contributed by atoms with Gasteiger partial charge in [-0.25, -0.2) is 0 Å². The summed E-state index contributed by atoms with van der Waals surface area (Å²) < 4.78 is 0. The molecule has 0 bridgehead atoms. The zero-order valence-electron chi connectivity index (χ0n) is 12.7. The van der Waals surface area contributed by atoms with E-state index in [1.165, 1.54) is 17.5 Å². The smallest absolute Gasteiger partial charge is 0.0127 e. The lowest BCUT2D eigenvalue weighted by Gasteiger charge is -2.52. The number of hydrogen-bond acceptors (Lipinski definition) is 1. The van der Waals surface area contributed by atoms with Crippen LogP contribution in [0.25, 0.3) is 0 Å². The molecule has 1 N–H and O–H groups in total. The fraction of sp³-hybridized carbons (Fsp3) is 0.647. The molecule has 2 unspecified atom stereocenters. The quantitative estimate of drug-likeness (QED) is 0.827. The normalized spacial score (nSPS) is 26.8. The van der Waals surface area contributed by atoms with Gasteiger partial charge in [0, 0.05) is 6.04 Å². The van der Waals surface area contributed by atoms with Crippen molar-refractivity contribution in [2.75, 3.05) is 7.05 Å². The van der Waals surface area contributed by atoms with Gasteiger partial charge in [0.15, 0.2) is 0 Å². The van der Waals surface area contributed by atoms with Crippen molar-refractivity contribution in [2.45, 2.75) is 58.4 Å². The minimum Gasteiger partial charge on any atom is -0.316 e. The second-order valence-electron chi connectivity index (χ2n) is 7.32. The molecule has 100 valence electrons. The van der Waals surface area contributed by atoms with Crippen LogP contribution in [0.15, 0.2) is 24.3 Å². The summed E-state index contributed by atoms with van der Waals surface area (Å²) in [7, 11) is 2.07. The Morgan fingerprint density at radius 2 is 1.67 bits per heavy atom. The Morgan fingerprint density at radius 1 is 1.11 bits per heavy atom. The van der Waals surface area contributed by atoms with Gasteiger partial charge in [-0.2, -0.15) is 0 Å². The van der Waals surface area contributed by atoms with Gasteiger partial charge in [0.25, 0.3) is 0 Å². The predicted molar refractivity (Wildman–Crippen MR) is 79.1 cm³/mol. The lowest BCUT2D eigenvalue weighted by molar-refractivity contribution is 0.0751. The third kappa shape index (κ3) is 2.21. The average Bonchev–Trinajstić information content (AvgIpc) is 2.28. The third-order valence-electron chi connectivity index (χ3n) is 4.80. The molecule has 1 aromatic carbocycles. The van der Waals surface area contributed by atoms with Gasteiger partial charge in [-0.3, -0.25) is 0 Å². The molecule has 1 aromatic rings. The molecule has 0 aliphatic heterocycles. The standard InChI is InChI=1S/C17H27N/c1-16(2,3)13-9-7-12(8-10-13)14-11-15(18-6)17(14,4)5/h7-10,14-15,18H,11H2,1-6H3. The Kier molecular flexibility index (Phi) is 3.31. The summed E-state index contributed by atoms with van der Waals surface area (Å²) in [6.07, 6.45) is 1.26. The first-order valence-corrected chi connectivity index (χ1v) is 7.04. The molecule has 1 saturated carbocycles. The Labute approximate surface area is 112 Å². The highest BCUT2D eigenvalue weighted by atomic mass is 14.9. The fourth-order valence-corrected chi connectivity index (χ4v) is 3.20. The Morgan fingerprint density at radius 3 is 2.06 bits per heavy atom. The maximum Gasteiger partial charge on any atom is 0.0127 e. The van der Waals surface area contributed by atoms with Gasteiger partial charge in [-0.1, -0.05) is 58.9 Å². The van der Waals surface area contributed by atoms with Crippen LogP contribution < -0.4 is 5.32 Å². The lowest BCUT2D eigenvalue weighted by Crippen LogP contribution is -2.54. The van der Waals surface area contributed by atoms with Crippen molar-refractivity contribution in [3.8, 4) is 0 Å². The molecule has 0 heterocycles. The summed E-state index contributed by atoms with van der Waals surface area (Å²) in [4.78, 5) is 0. The van der Waals surface area contributed by atoms with Gasteiger partial charge in [-0.15, -0.1) is 0 Å². The molecule has 1 nitrogen and oxygen atoms in total. The van der Waals surface area contributed by atoms with Crippen LogP contribution in [0.1, 0.15) is 58.1 Å². The second-order valence-corrected chi connectivity index (χ2v) is 7.32. The molecule has 18 heavy (non-hydrogen) atoms. The number of nitrogens with one attached hydrogen (secondary N) is 1. The molecule has 0 spiro atoms. The molecule has 1 aliphatic carbocycles. The zero-order valence-corrected chi connectivity index (χ0v) is 12.7. The van der Waals surface area contributed by atoms with Crippen molar-refractivity contribution >= 4 is 0 Å². The van der Waals surface area contributed by atoms with E-state index in [-0.39, 0.29) is 5.41 Å². The Balaban J connectivity index is 2.17. The zero-order chi connectivity index (χ0) is 13.6. The number of hydrogen-bond donors (Lipinski definition) is 1. The molecule has 0 aromatic heterocycles. The van der Waals surface area contributed by atoms with Gasteiger partial charge < -0.3 is 5.32 Å². The Bertz CT molecular complexity index is 408. The highest BCUT2D eigenvalue weighted by Crippen LogP contribution is 2.52. The molecule has 1 aliphatic rings. The van der Waals surface area contributed by atoms with Crippen LogP contribution in [0, 0.1) is 5.41 Å². The van der Waals surface area contributed by atoms with E-state index >= 15 is 0 Å². The van der Waals surface area contributed by atoms with Crippen LogP contribution in [-0.2, 0) is 5.41 Å². The summed E-state index contributed by atoms with van der Waals surface area (Å²) in [5, 5.41) is 3.43. The largest absolute Gasteiger partial charge is 0.316 e. The molecule has 2 rings (SSSR count). The molecule has 0 saturated heterocycles. The van der Waals surface area contributed by atoms with Crippen molar-refractivity contribution < 1.29 is 0 Å². The van der Waals surface area contributed by atoms with E-state index in [2.05, 4.69) is 71.2 Å². The summed E-state index contributed by atoms with van der Waals surface area (Å²) >= 11 is 0. The molecule has 2 atom stereocenters. The predicted octanol–water partition coefficient (Wildman–Crippen LogP) is 4.09. The van der Waals surface area contributed by atoms with Crippen molar-refractivity contribution in [1.29, 1.82) is 0 Å². The van der Waals surface area contributed by atoms with E-state index in [9.17, 15) is 0 Å². The van der Waals surface area contributed by atoms with Gasteiger partial charge >= 0.3 is 0 Å². The minimum absolute atomic E-state index is 0.251. The monoisotopic (exact) mass is 245 g/mol. The van der Waals surface area contributed by atoms with E-state index in [1.54, 1.807) is 0 Å². The van der Waals surface area contributed by atoms with E-state index < -0.39 is 0 Å². The van der Waals surface area contributed by atoms with Gasteiger partial charge in [0.2, 0.25) is 0 Å². The highest BCUT2D eigenvalue weighted by Gasteiger charge is 2.47. The van der Waals surface area contributed by atoms with Crippen molar-refractivity contribution in [2.24, 2.45) is 5.41 Å². The molecule has 0 amide bonds. The SMILES string of the molecule is CNC1CC(c2ccc(C(C)(C)C)cc2)C1(C)C. The number of rotatable bonds is 2. The summed E-state index contributed by atoms with van der Waals surface area (Å²) in [6.45, 7) is 11.6. The van der Waals surface area contributed by atoms with Gasteiger partial charge in [0.05, 0.1) is 0 Å². The van der Waals surface area contributed by atoms with E-state index in [0.29, 0.717) is 17.4 Å². The number of benzene rings is 1. The summed E-state index contributed by atoms with van der Waals surface area (Å²) in [5.41, 5.74) is 3.55. The maximum absolute atomic E-state index is 3.43. The van der Waals surface area contributed by atoms with E-state index in [1.807, 2.05) is 0 Å². The first-order chi connectivity index (χ1) is 8.26. The van der Waals surface area contributed by atoms with Gasteiger partial charge in [0.1, 0.15) is 0 Å². The Hall–Kier alpha value is -0.820. The van der Waals surface area contributed by atoms with Crippen LogP contribution in [0.4, 0.5) is 0 Å². The fourth-order valence-electron chi connectivity index (χ4n) is 3.20. The average molecular weight is 245 g/mol.